The molecule has 2 aromatic rings. The van der Waals surface area contributed by atoms with Gasteiger partial charge in [-0.3, -0.25) is 4.79 Å². The Hall–Kier alpha value is -2.44. The maximum atomic E-state index is 12.5. The lowest BCUT2D eigenvalue weighted by atomic mass is 9.98. The average Bonchev–Trinajstić information content (AvgIpc) is 2.98. The van der Waals surface area contributed by atoms with Gasteiger partial charge in [-0.1, -0.05) is 0 Å². The predicted molar refractivity (Wildman–Crippen MR) is 72.6 cm³/mol. The van der Waals surface area contributed by atoms with E-state index in [1.807, 2.05) is 12.1 Å². The number of halogens is 3. The quantitative estimate of drug-likeness (QED) is 0.880. The van der Waals surface area contributed by atoms with Crippen molar-refractivity contribution in [2.75, 3.05) is 6.54 Å². The normalized spacial score (nSPS) is 14.8. The fourth-order valence-corrected chi connectivity index (χ4v) is 2.64. The molecule has 3 rings (SSSR count). The van der Waals surface area contributed by atoms with Crippen LogP contribution >= 0.6 is 0 Å². The zero-order chi connectivity index (χ0) is 15.9. The number of phenolic OH excluding ortho intramolecular Hbond substituents is 1. The van der Waals surface area contributed by atoms with Gasteiger partial charge in [0.15, 0.2) is 0 Å². The summed E-state index contributed by atoms with van der Waals surface area (Å²) in [6, 6.07) is 6.80. The van der Waals surface area contributed by atoms with Crippen molar-refractivity contribution < 1.29 is 23.1 Å². The van der Waals surface area contributed by atoms with E-state index in [0.717, 1.165) is 10.5 Å². The number of phenols is 1. The fraction of sp³-hybridized carbons (Fsp3) is 0.267. The second kappa shape index (κ2) is 5.08. The topological polar surface area (TPSA) is 45.5 Å². The molecule has 0 atom stereocenters. The highest BCUT2D eigenvalue weighted by Crippen LogP contribution is 2.31. The Balaban J connectivity index is 1.91. The number of nitrogens with zero attached hydrogens (tertiary/aromatic N) is 2. The standard InChI is InChI=1S/C15H13F3N2O2/c16-15(17,18)14(22)20-6-3-10-7-12(19-4-1-2-5-19)13(21)8-11(10)9-20/h1-2,4-5,7-8,21H,3,6,9H2. The molecule has 0 radical (unpaired) electrons. The number of fused-ring (bicyclic) bond motifs is 1. The zero-order valence-corrected chi connectivity index (χ0v) is 11.5. The van der Waals surface area contributed by atoms with Crippen molar-refractivity contribution in [2.45, 2.75) is 19.1 Å². The molecule has 116 valence electrons. The Morgan fingerprint density at radius 1 is 1.14 bits per heavy atom. The molecule has 0 fully saturated rings. The summed E-state index contributed by atoms with van der Waals surface area (Å²) in [5, 5.41) is 10.1. The Kier molecular flexibility index (Phi) is 3.35. The summed E-state index contributed by atoms with van der Waals surface area (Å²) in [7, 11) is 0. The summed E-state index contributed by atoms with van der Waals surface area (Å²) in [6.45, 7) is -0.131. The minimum atomic E-state index is -4.87. The number of carbonyl (C=O) groups excluding carboxylic acids is 1. The number of carbonyl (C=O) groups is 1. The third kappa shape index (κ3) is 2.54. The number of aromatic nitrogens is 1. The van der Waals surface area contributed by atoms with Crippen molar-refractivity contribution in [3.63, 3.8) is 0 Å². The molecule has 2 heterocycles. The summed E-state index contributed by atoms with van der Waals surface area (Å²) in [5.74, 6) is -1.87. The van der Waals surface area contributed by atoms with Gasteiger partial charge in [0.25, 0.3) is 0 Å². The Labute approximate surface area is 124 Å². The number of aromatic hydroxyl groups is 1. The maximum absolute atomic E-state index is 12.5. The van der Waals surface area contributed by atoms with E-state index < -0.39 is 12.1 Å². The summed E-state index contributed by atoms with van der Waals surface area (Å²) in [6.07, 6.45) is -1.01. The van der Waals surface area contributed by atoms with Crippen molar-refractivity contribution in [3.8, 4) is 11.4 Å². The smallest absolute Gasteiger partial charge is 0.471 e. The van der Waals surface area contributed by atoms with Crippen LogP contribution in [0.15, 0.2) is 36.7 Å². The minimum absolute atomic E-state index is 0.0151. The molecule has 0 bridgehead atoms. The van der Waals surface area contributed by atoms with Crippen LogP contribution in [0.2, 0.25) is 0 Å². The molecule has 1 aromatic carbocycles. The minimum Gasteiger partial charge on any atom is -0.506 e. The van der Waals surface area contributed by atoms with Crippen molar-refractivity contribution in [1.29, 1.82) is 0 Å². The summed E-state index contributed by atoms with van der Waals surface area (Å²) < 4.78 is 39.2. The molecule has 0 aliphatic carbocycles. The molecule has 1 aliphatic heterocycles. The molecule has 0 spiro atoms. The average molecular weight is 310 g/mol. The molecular weight excluding hydrogens is 297 g/mol. The summed E-state index contributed by atoms with van der Waals surface area (Å²) in [4.78, 5) is 12.1. The number of benzene rings is 1. The predicted octanol–water partition coefficient (Wildman–Crippen LogP) is 2.63. The zero-order valence-electron chi connectivity index (χ0n) is 11.5. The molecule has 1 amide bonds. The molecule has 1 N–H and O–H groups in total. The number of amides is 1. The lowest BCUT2D eigenvalue weighted by Gasteiger charge is -2.30. The Morgan fingerprint density at radius 2 is 1.82 bits per heavy atom. The van der Waals surface area contributed by atoms with E-state index in [2.05, 4.69) is 0 Å². The molecule has 1 aromatic heterocycles. The molecule has 0 unspecified atom stereocenters. The lowest BCUT2D eigenvalue weighted by molar-refractivity contribution is -0.186. The summed E-state index contributed by atoms with van der Waals surface area (Å²) >= 11 is 0. The second-order valence-electron chi connectivity index (χ2n) is 5.17. The van der Waals surface area contributed by atoms with Gasteiger partial charge >= 0.3 is 12.1 Å². The highest BCUT2D eigenvalue weighted by molar-refractivity contribution is 5.82. The Morgan fingerprint density at radius 3 is 2.45 bits per heavy atom. The van der Waals surface area contributed by atoms with E-state index in [-0.39, 0.29) is 18.8 Å². The molecule has 1 aliphatic rings. The van der Waals surface area contributed by atoms with Crippen LogP contribution < -0.4 is 0 Å². The van der Waals surface area contributed by atoms with Crippen LogP contribution in [0.4, 0.5) is 13.2 Å². The molecule has 4 nitrogen and oxygen atoms in total. The maximum Gasteiger partial charge on any atom is 0.471 e. The van der Waals surface area contributed by atoms with E-state index >= 15 is 0 Å². The SMILES string of the molecule is O=C(N1CCc2cc(-n3cccc3)c(O)cc2C1)C(F)(F)F. The van der Waals surface area contributed by atoms with Gasteiger partial charge in [0, 0.05) is 25.5 Å². The van der Waals surface area contributed by atoms with E-state index in [1.165, 1.54) is 6.07 Å². The third-order valence-corrected chi connectivity index (χ3v) is 3.72. The summed E-state index contributed by atoms with van der Waals surface area (Å²) in [5.41, 5.74) is 1.95. The molecule has 0 saturated heterocycles. The first-order valence-corrected chi connectivity index (χ1v) is 6.70. The van der Waals surface area contributed by atoms with Crippen LogP contribution in [0.1, 0.15) is 11.1 Å². The number of alkyl halides is 3. The van der Waals surface area contributed by atoms with Crippen LogP contribution in [0.5, 0.6) is 5.75 Å². The van der Waals surface area contributed by atoms with Crippen molar-refractivity contribution in [1.82, 2.24) is 9.47 Å². The van der Waals surface area contributed by atoms with E-state index in [1.54, 1.807) is 23.0 Å². The largest absolute Gasteiger partial charge is 0.506 e. The monoisotopic (exact) mass is 310 g/mol. The van der Waals surface area contributed by atoms with Crippen LogP contribution in [0.25, 0.3) is 5.69 Å². The first kappa shape index (κ1) is 14.5. The van der Waals surface area contributed by atoms with Gasteiger partial charge in [-0.2, -0.15) is 13.2 Å². The number of rotatable bonds is 1. The third-order valence-electron chi connectivity index (χ3n) is 3.72. The molecule has 0 saturated carbocycles. The van der Waals surface area contributed by atoms with E-state index in [0.29, 0.717) is 17.7 Å². The van der Waals surface area contributed by atoms with Crippen LogP contribution in [0.3, 0.4) is 0 Å². The van der Waals surface area contributed by atoms with Gasteiger partial charge in [0.2, 0.25) is 0 Å². The molecule has 7 heteroatoms. The van der Waals surface area contributed by atoms with Crippen molar-refractivity contribution >= 4 is 5.91 Å². The first-order chi connectivity index (χ1) is 10.4. The van der Waals surface area contributed by atoms with E-state index in [4.69, 9.17) is 0 Å². The highest BCUT2D eigenvalue weighted by Gasteiger charge is 2.43. The Bertz CT molecular complexity index is 708. The lowest BCUT2D eigenvalue weighted by Crippen LogP contribution is -2.43. The number of hydrogen-bond donors (Lipinski definition) is 1. The number of hydrogen-bond acceptors (Lipinski definition) is 2. The van der Waals surface area contributed by atoms with Crippen molar-refractivity contribution in [2.24, 2.45) is 0 Å². The fourth-order valence-electron chi connectivity index (χ4n) is 2.64. The van der Waals surface area contributed by atoms with Crippen LogP contribution in [-0.2, 0) is 17.8 Å². The van der Waals surface area contributed by atoms with Gasteiger partial charge in [-0.25, -0.2) is 0 Å². The van der Waals surface area contributed by atoms with Crippen LogP contribution in [0, 0.1) is 0 Å². The first-order valence-electron chi connectivity index (χ1n) is 6.70. The van der Waals surface area contributed by atoms with Gasteiger partial charge in [0.1, 0.15) is 5.75 Å². The van der Waals surface area contributed by atoms with Crippen molar-refractivity contribution in [3.05, 3.63) is 47.8 Å². The van der Waals surface area contributed by atoms with Gasteiger partial charge < -0.3 is 14.6 Å². The van der Waals surface area contributed by atoms with E-state index in [9.17, 15) is 23.1 Å². The van der Waals surface area contributed by atoms with Gasteiger partial charge in [0.05, 0.1) is 5.69 Å². The van der Waals surface area contributed by atoms with Gasteiger partial charge in [-0.05, 0) is 41.8 Å². The second-order valence-corrected chi connectivity index (χ2v) is 5.17. The molecular formula is C15H13F3N2O2. The van der Waals surface area contributed by atoms with Crippen LogP contribution in [-0.4, -0.2) is 33.2 Å². The molecule has 22 heavy (non-hydrogen) atoms. The highest BCUT2D eigenvalue weighted by atomic mass is 19.4. The van der Waals surface area contributed by atoms with Gasteiger partial charge in [-0.15, -0.1) is 0 Å².